The van der Waals surface area contributed by atoms with Gasteiger partial charge in [0.2, 0.25) is 0 Å². The highest BCUT2D eigenvalue weighted by atomic mass is 16.5. The minimum absolute atomic E-state index is 0.0118. The van der Waals surface area contributed by atoms with Gasteiger partial charge in [-0.05, 0) is 55.7 Å². The molecule has 0 saturated carbocycles. The summed E-state index contributed by atoms with van der Waals surface area (Å²) < 4.78 is 5.55. The second kappa shape index (κ2) is 6.65. The molecule has 1 aliphatic heterocycles. The van der Waals surface area contributed by atoms with E-state index in [9.17, 15) is 9.59 Å². The molecule has 0 N–H and O–H groups in total. The molecule has 1 amide bonds. The molecule has 0 aliphatic carbocycles. The number of aryl methyl sites for hydroxylation is 1. The van der Waals surface area contributed by atoms with Gasteiger partial charge in [0, 0.05) is 17.8 Å². The van der Waals surface area contributed by atoms with Gasteiger partial charge in [-0.15, -0.1) is 0 Å². The molecule has 4 nitrogen and oxygen atoms in total. The van der Waals surface area contributed by atoms with E-state index in [-0.39, 0.29) is 18.3 Å². The van der Waals surface area contributed by atoms with Crippen LogP contribution in [0.2, 0.25) is 0 Å². The van der Waals surface area contributed by atoms with Crippen molar-refractivity contribution in [3.8, 4) is 5.75 Å². The summed E-state index contributed by atoms with van der Waals surface area (Å²) >= 11 is 0. The van der Waals surface area contributed by atoms with Crippen molar-refractivity contribution in [3.05, 3.63) is 59.7 Å². The van der Waals surface area contributed by atoms with Crippen LogP contribution in [-0.4, -0.2) is 24.8 Å². The summed E-state index contributed by atoms with van der Waals surface area (Å²) in [7, 11) is 0. The molecule has 0 atom stereocenters. The summed E-state index contributed by atoms with van der Waals surface area (Å²) in [5.74, 6) is 0.666. The summed E-state index contributed by atoms with van der Waals surface area (Å²) in [6, 6.07) is 14.9. The molecule has 1 heterocycles. The number of hydrogen-bond acceptors (Lipinski definition) is 3. The molecule has 0 radical (unpaired) electrons. The summed E-state index contributed by atoms with van der Waals surface area (Å²) in [5.41, 5.74) is 2.64. The van der Waals surface area contributed by atoms with E-state index in [2.05, 4.69) is 0 Å². The number of hydrogen-bond donors (Lipinski definition) is 0. The summed E-state index contributed by atoms with van der Waals surface area (Å²) in [4.78, 5) is 25.7. The zero-order chi connectivity index (χ0) is 16.2. The fourth-order valence-electron chi connectivity index (χ4n) is 2.81. The smallest absolute Gasteiger partial charge is 0.264 e. The lowest BCUT2D eigenvalue weighted by atomic mass is 9.98. The second-order valence-corrected chi connectivity index (χ2v) is 5.65. The highest BCUT2D eigenvalue weighted by Crippen LogP contribution is 2.28. The van der Waals surface area contributed by atoms with E-state index in [4.69, 9.17) is 4.74 Å². The van der Waals surface area contributed by atoms with Crippen LogP contribution in [0.25, 0.3) is 0 Å². The van der Waals surface area contributed by atoms with Crippen LogP contribution in [0.3, 0.4) is 0 Å². The van der Waals surface area contributed by atoms with Gasteiger partial charge >= 0.3 is 0 Å². The molecule has 2 aromatic rings. The molecular formula is C19H19NO3. The Balaban J connectivity index is 1.74. The lowest BCUT2D eigenvalue weighted by Crippen LogP contribution is -2.38. The van der Waals surface area contributed by atoms with Crippen molar-refractivity contribution in [2.24, 2.45) is 0 Å². The molecule has 4 heteroatoms. The van der Waals surface area contributed by atoms with Crippen LogP contribution < -0.4 is 9.64 Å². The molecule has 2 aromatic carbocycles. The molecule has 0 saturated heterocycles. The van der Waals surface area contributed by atoms with Crippen LogP contribution in [0.15, 0.2) is 48.5 Å². The number of Topliss-reactive ketones (excluding diaryl/α,β-unsaturated/α-hetero) is 1. The number of nitrogens with zero attached hydrogens (tertiary/aromatic N) is 1. The number of ketones is 1. The van der Waals surface area contributed by atoms with Crippen molar-refractivity contribution in [2.75, 3.05) is 18.1 Å². The van der Waals surface area contributed by atoms with Crippen molar-refractivity contribution >= 4 is 17.4 Å². The van der Waals surface area contributed by atoms with Crippen molar-refractivity contribution in [3.63, 3.8) is 0 Å². The van der Waals surface area contributed by atoms with E-state index in [1.807, 2.05) is 42.5 Å². The van der Waals surface area contributed by atoms with E-state index in [0.717, 1.165) is 24.1 Å². The molecule has 0 fully saturated rings. The Morgan fingerprint density at radius 2 is 1.91 bits per heavy atom. The molecule has 118 valence electrons. The minimum Gasteiger partial charge on any atom is -0.484 e. The Kier molecular flexibility index (Phi) is 4.42. The van der Waals surface area contributed by atoms with Gasteiger partial charge in [-0.3, -0.25) is 9.59 Å². The predicted octanol–water partition coefficient (Wildman–Crippen LogP) is 3.25. The van der Waals surface area contributed by atoms with Crippen LogP contribution in [-0.2, 0) is 11.2 Å². The maximum atomic E-state index is 12.5. The zero-order valence-corrected chi connectivity index (χ0v) is 13.1. The van der Waals surface area contributed by atoms with Crippen LogP contribution >= 0.6 is 0 Å². The molecule has 0 aromatic heterocycles. The molecule has 1 aliphatic rings. The predicted molar refractivity (Wildman–Crippen MR) is 89.1 cm³/mol. The molecule has 0 unspecified atom stereocenters. The number of carbonyl (C=O) groups is 2. The zero-order valence-electron chi connectivity index (χ0n) is 13.1. The first kappa shape index (κ1) is 15.3. The number of carbonyl (C=O) groups excluding carboxylic acids is 2. The average molecular weight is 309 g/mol. The first-order chi connectivity index (χ1) is 11.1. The van der Waals surface area contributed by atoms with Crippen molar-refractivity contribution in [1.82, 2.24) is 0 Å². The number of anilines is 1. The maximum Gasteiger partial charge on any atom is 0.264 e. The van der Waals surface area contributed by atoms with Gasteiger partial charge in [-0.2, -0.15) is 0 Å². The number of amides is 1. The maximum absolute atomic E-state index is 12.5. The van der Waals surface area contributed by atoms with Crippen LogP contribution in [0, 0.1) is 0 Å². The standard InChI is InChI=1S/C19H19NO3/c1-14(21)15-9-10-18-16(12-15)6-5-11-20(18)19(22)13-23-17-7-3-2-4-8-17/h2-4,7-10,12H,5-6,11,13H2,1H3. The molecular weight excluding hydrogens is 290 g/mol. The van der Waals surface area contributed by atoms with E-state index in [1.165, 1.54) is 0 Å². The molecule has 3 rings (SSSR count). The fourth-order valence-corrected chi connectivity index (χ4v) is 2.81. The van der Waals surface area contributed by atoms with Crippen molar-refractivity contribution in [2.45, 2.75) is 19.8 Å². The van der Waals surface area contributed by atoms with Gasteiger partial charge in [0.05, 0.1) is 0 Å². The van der Waals surface area contributed by atoms with Crippen LogP contribution in [0.1, 0.15) is 29.3 Å². The second-order valence-electron chi connectivity index (χ2n) is 5.65. The molecule has 0 bridgehead atoms. The van der Waals surface area contributed by atoms with E-state index in [1.54, 1.807) is 17.9 Å². The molecule has 23 heavy (non-hydrogen) atoms. The lowest BCUT2D eigenvalue weighted by molar-refractivity contribution is -0.120. The third-order valence-electron chi connectivity index (χ3n) is 4.01. The van der Waals surface area contributed by atoms with Crippen molar-refractivity contribution in [1.29, 1.82) is 0 Å². The Morgan fingerprint density at radius 3 is 2.65 bits per heavy atom. The Labute approximate surface area is 135 Å². The van der Waals surface area contributed by atoms with Crippen LogP contribution in [0.5, 0.6) is 5.75 Å². The van der Waals surface area contributed by atoms with Gasteiger partial charge in [0.15, 0.2) is 12.4 Å². The van der Waals surface area contributed by atoms with Crippen LogP contribution in [0.4, 0.5) is 5.69 Å². The van der Waals surface area contributed by atoms with Gasteiger partial charge in [0.25, 0.3) is 5.91 Å². The normalized spacial score (nSPS) is 13.3. The third-order valence-corrected chi connectivity index (χ3v) is 4.01. The quantitative estimate of drug-likeness (QED) is 0.815. The van der Waals surface area contributed by atoms with Gasteiger partial charge in [0.1, 0.15) is 5.75 Å². The van der Waals surface area contributed by atoms with E-state index < -0.39 is 0 Å². The Bertz CT molecular complexity index is 725. The molecule has 0 spiro atoms. The number of para-hydroxylation sites is 1. The van der Waals surface area contributed by atoms with Gasteiger partial charge in [-0.1, -0.05) is 18.2 Å². The Hall–Kier alpha value is -2.62. The highest BCUT2D eigenvalue weighted by molar-refractivity contribution is 5.98. The lowest BCUT2D eigenvalue weighted by Gasteiger charge is -2.29. The van der Waals surface area contributed by atoms with E-state index >= 15 is 0 Å². The number of rotatable bonds is 4. The highest BCUT2D eigenvalue weighted by Gasteiger charge is 2.23. The summed E-state index contributed by atoms with van der Waals surface area (Å²) in [6.07, 6.45) is 1.78. The minimum atomic E-state index is -0.0645. The SMILES string of the molecule is CC(=O)c1ccc2c(c1)CCCN2C(=O)COc1ccccc1. The number of benzene rings is 2. The number of fused-ring (bicyclic) bond motifs is 1. The van der Waals surface area contributed by atoms with E-state index in [0.29, 0.717) is 17.9 Å². The Morgan fingerprint density at radius 1 is 1.13 bits per heavy atom. The first-order valence-corrected chi connectivity index (χ1v) is 7.77. The van der Waals surface area contributed by atoms with Gasteiger partial charge < -0.3 is 9.64 Å². The van der Waals surface area contributed by atoms with Crippen molar-refractivity contribution < 1.29 is 14.3 Å². The average Bonchev–Trinajstić information content (AvgIpc) is 2.59. The largest absolute Gasteiger partial charge is 0.484 e. The first-order valence-electron chi connectivity index (χ1n) is 7.77. The number of ether oxygens (including phenoxy) is 1. The summed E-state index contributed by atoms with van der Waals surface area (Å²) in [5, 5.41) is 0. The fraction of sp³-hybridized carbons (Fsp3) is 0.263. The summed E-state index contributed by atoms with van der Waals surface area (Å²) in [6.45, 7) is 2.25. The topological polar surface area (TPSA) is 46.6 Å². The third kappa shape index (κ3) is 3.42. The van der Waals surface area contributed by atoms with Gasteiger partial charge in [-0.25, -0.2) is 0 Å². The monoisotopic (exact) mass is 309 g/mol.